The Kier molecular flexibility index (Phi) is 8.60. The van der Waals surface area contributed by atoms with Gasteiger partial charge in [-0.15, -0.1) is 0 Å². The molecule has 0 spiro atoms. The van der Waals surface area contributed by atoms with Crippen molar-refractivity contribution < 1.29 is 23.5 Å². The molecule has 2 amide bonds. The second kappa shape index (κ2) is 11.3. The van der Waals surface area contributed by atoms with Gasteiger partial charge in [-0.05, 0) is 66.2 Å². The molecule has 2 aromatic rings. The van der Waals surface area contributed by atoms with Gasteiger partial charge in [0, 0.05) is 36.6 Å². The molecule has 1 aromatic carbocycles. The number of hydrogen-bond donors (Lipinski definition) is 1. The Hall–Kier alpha value is -3.43. The molecule has 9 nitrogen and oxygen atoms in total. The van der Waals surface area contributed by atoms with E-state index in [-0.39, 0.29) is 40.8 Å². The molecule has 0 bridgehead atoms. The Bertz CT molecular complexity index is 1120. The minimum atomic E-state index is -0.522. The number of rotatable bonds is 8. The van der Waals surface area contributed by atoms with Crippen molar-refractivity contribution in [2.75, 3.05) is 31.1 Å². The number of alkyl carbamates (subject to hydrolysis) is 1. The molecule has 1 aliphatic rings. The van der Waals surface area contributed by atoms with Gasteiger partial charge in [0.15, 0.2) is 11.6 Å². The molecule has 2 heterocycles. The van der Waals surface area contributed by atoms with Crippen LogP contribution in [0.25, 0.3) is 0 Å². The number of halogens is 1. The van der Waals surface area contributed by atoms with Gasteiger partial charge < -0.3 is 24.6 Å². The molecule has 1 saturated heterocycles. The Morgan fingerprint density at radius 3 is 2.65 bits per heavy atom. The van der Waals surface area contributed by atoms with Crippen LogP contribution in [0.5, 0.6) is 11.5 Å². The summed E-state index contributed by atoms with van der Waals surface area (Å²) in [5.41, 5.74) is -0.528. The molecule has 1 fully saturated rings. The summed E-state index contributed by atoms with van der Waals surface area (Å²) in [5.74, 6) is 0.296. The summed E-state index contributed by atoms with van der Waals surface area (Å²) in [6.45, 7) is 15.4. The van der Waals surface area contributed by atoms with E-state index in [1.54, 1.807) is 4.90 Å². The highest BCUT2D eigenvalue weighted by atomic mass is 19.1. The third-order valence-electron chi connectivity index (χ3n) is 6.16. The summed E-state index contributed by atoms with van der Waals surface area (Å²) in [6, 6.07) is 3.84. The smallest absolute Gasteiger partial charge is 0.407 e. The average Bonchev–Trinajstić information content (AvgIpc) is 3.20. The molecule has 202 valence electrons. The second-order valence-corrected chi connectivity index (χ2v) is 11.1. The molecule has 0 aliphatic carbocycles. The summed E-state index contributed by atoms with van der Waals surface area (Å²) < 4.78 is 25.8. The number of ether oxygens (including phenoxy) is 2. The molecule has 0 saturated carbocycles. The van der Waals surface area contributed by atoms with E-state index < -0.39 is 11.9 Å². The lowest BCUT2D eigenvalue weighted by Gasteiger charge is -2.27. The van der Waals surface area contributed by atoms with Crippen LogP contribution in [0.15, 0.2) is 30.7 Å². The van der Waals surface area contributed by atoms with Crippen LogP contribution in [0.2, 0.25) is 0 Å². The van der Waals surface area contributed by atoms with Crippen LogP contribution in [0, 0.1) is 11.2 Å². The third-order valence-corrected chi connectivity index (χ3v) is 6.16. The first-order chi connectivity index (χ1) is 17.3. The molecule has 0 unspecified atom stereocenters. The monoisotopic (exact) mass is 515 g/mol. The van der Waals surface area contributed by atoms with Crippen LogP contribution in [-0.2, 0) is 4.74 Å². The quantitative estimate of drug-likeness (QED) is 0.527. The summed E-state index contributed by atoms with van der Waals surface area (Å²) in [5, 5.41) is 2.80. The van der Waals surface area contributed by atoms with Crippen molar-refractivity contribution in [2.24, 2.45) is 5.41 Å². The lowest BCUT2D eigenvalue weighted by Crippen LogP contribution is -2.42. The van der Waals surface area contributed by atoms with Gasteiger partial charge in [0.2, 0.25) is 0 Å². The van der Waals surface area contributed by atoms with Crippen LogP contribution < -0.4 is 15.0 Å². The number of amides is 2. The van der Waals surface area contributed by atoms with Crippen molar-refractivity contribution in [3.63, 3.8) is 0 Å². The molecule has 1 aromatic heterocycles. The first kappa shape index (κ1) is 28.1. The van der Waals surface area contributed by atoms with E-state index in [0.717, 1.165) is 6.42 Å². The highest BCUT2D eigenvalue weighted by Gasteiger charge is 2.37. The van der Waals surface area contributed by atoms with E-state index in [1.165, 1.54) is 30.7 Å². The maximum Gasteiger partial charge on any atom is 0.407 e. The van der Waals surface area contributed by atoms with Crippen molar-refractivity contribution in [1.29, 1.82) is 0 Å². The van der Waals surface area contributed by atoms with Crippen molar-refractivity contribution in [3.05, 3.63) is 42.1 Å². The molecule has 3 rings (SSSR count). The first-order valence-corrected chi connectivity index (χ1v) is 12.6. The van der Waals surface area contributed by atoms with Crippen LogP contribution in [0.1, 0.15) is 65.2 Å². The van der Waals surface area contributed by atoms with Gasteiger partial charge in [-0.25, -0.2) is 19.2 Å². The fourth-order valence-corrected chi connectivity index (χ4v) is 4.30. The third kappa shape index (κ3) is 7.30. The van der Waals surface area contributed by atoms with Crippen molar-refractivity contribution >= 4 is 17.8 Å². The minimum absolute atomic E-state index is 0.0563. The zero-order chi connectivity index (χ0) is 27.4. The highest BCUT2D eigenvalue weighted by Crippen LogP contribution is 2.38. The number of hydrogen-bond acceptors (Lipinski definition) is 7. The number of carbonyl (C=O) groups excluding carboxylic acids is 2. The number of anilines is 1. The average molecular weight is 516 g/mol. The Morgan fingerprint density at radius 1 is 1.27 bits per heavy atom. The predicted molar refractivity (Wildman–Crippen MR) is 140 cm³/mol. The molecule has 0 radical (unpaired) electrons. The number of benzene rings is 1. The standard InChI is InChI=1S/C27H38FN5O4/c1-8-33(18(2)3)24(34)20-13-19(28)9-10-21(20)37-22-14-29-17-30-23(22)32-12-11-27(7,15-32)16-36-25(35)31-26(4,5)6/h9-10,13-14,17-18H,8,11-12,15-16H2,1-7H3,(H,31,35)/t27-/m0/s1. The molecule has 37 heavy (non-hydrogen) atoms. The van der Waals surface area contributed by atoms with Crippen molar-refractivity contribution in [1.82, 2.24) is 20.2 Å². The summed E-state index contributed by atoms with van der Waals surface area (Å²) in [4.78, 5) is 37.6. The number of nitrogens with one attached hydrogen (secondary N) is 1. The maximum absolute atomic E-state index is 14.1. The topological polar surface area (TPSA) is 96.9 Å². The van der Waals surface area contributed by atoms with E-state index in [4.69, 9.17) is 9.47 Å². The Labute approximate surface area is 218 Å². The van der Waals surface area contributed by atoms with Gasteiger partial charge in [0.1, 0.15) is 24.5 Å². The number of aromatic nitrogens is 2. The summed E-state index contributed by atoms with van der Waals surface area (Å²) in [7, 11) is 0. The van der Waals surface area contributed by atoms with Gasteiger partial charge in [-0.3, -0.25) is 4.79 Å². The zero-order valence-electron chi connectivity index (χ0n) is 22.8. The highest BCUT2D eigenvalue weighted by molar-refractivity contribution is 5.97. The molecule has 10 heteroatoms. The van der Waals surface area contributed by atoms with Crippen molar-refractivity contribution in [2.45, 2.75) is 66.5 Å². The van der Waals surface area contributed by atoms with Gasteiger partial charge in [0.25, 0.3) is 5.91 Å². The zero-order valence-corrected chi connectivity index (χ0v) is 22.8. The maximum atomic E-state index is 14.1. The van der Waals surface area contributed by atoms with Crippen LogP contribution in [0.3, 0.4) is 0 Å². The van der Waals surface area contributed by atoms with Gasteiger partial charge in [-0.1, -0.05) is 6.92 Å². The lowest BCUT2D eigenvalue weighted by atomic mass is 9.91. The largest absolute Gasteiger partial charge is 0.451 e. The molecule has 1 aliphatic heterocycles. The molecule has 1 N–H and O–H groups in total. The van der Waals surface area contributed by atoms with E-state index >= 15 is 0 Å². The fourth-order valence-electron chi connectivity index (χ4n) is 4.30. The lowest BCUT2D eigenvalue weighted by molar-refractivity contribution is 0.0713. The van der Waals surface area contributed by atoms with Gasteiger partial charge in [-0.2, -0.15) is 0 Å². The summed E-state index contributed by atoms with van der Waals surface area (Å²) in [6.07, 6.45) is 3.29. The second-order valence-electron chi connectivity index (χ2n) is 11.1. The Morgan fingerprint density at radius 2 is 2.00 bits per heavy atom. The summed E-state index contributed by atoms with van der Waals surface area (Å²) >= 11 is 0. The van der Waals surface area contributed by atoms with E-state index in [1.807, 2.05) is 46.4 Å². The van der Waals surface area contributed by atoms with E-state index in [2.05, 4.69) is 22.2 Å². The van der Waals surface area contributed by atoms with E-state index in [0.29, 0.717) is 31.2 Å². The Balaban J connectivity index is 1.79. The van der Waals surface area contributed by atoms with Crippen molar-refractivity contribution in [3.8, 4) is 11.5 Å². The number of nitrogens with zero attached hydrogens (tertiary/aromatic N) is 4. The number of carbonyl (C=O) groups is 2. The normalized spacial score (nSPS) is 17.6. The van der Waals surface area contributed by atoms with Gasteiger partial charge >= 0.3 is 6.09 Å². The molecule has 1 atom stereocenters. The molecular formula is C27H38FN5O4. The van der Waals surface area contributed by atoms with Crippen LogP contribution >= 0.6 is 0 Å². The van der Waals surface area contributed by atoms with E-state index in [9.17, 15) is 14.0 Å². The van der Waals surface area contributed by atoms with Crippen LogP contribution in [0.4, 0.5) is 15.0 Å². The minimum Gasteiger partial charge on any atom is -0.451 e. The molecular weight excluding hydrogens is 477 g/mol. The first-order valence-electron chi connectivity index (χ1n) is 12.6. The fraction of sp³-hybridized carbons (Fsp3) is 0.556. The van der Waals surface area contributed by atoms with Gasteiger partial charge in [0.05, 0.1) is 11.8 Å². The predicted octanol–water partition coefficient (Wildman–Crippen LogP) is 5.02. The SMILES string of the molecule is CCN(C(=O)c1cc(F)ccc1Oc1cncnc1N1CC[C@](C)(COC(=O)NC(C)(C)C)C1)C(C)C. The van der Waals surface area contributed by atoms with Crippen LogP contribution in [-0.4, -0.2) is 64.7 Å².